The molecule has 21 heavy (non-hydrogen) atoms. The van der Waals surface area contributed by atoms with Crippen LogP contribution in [0.15, 0.2) is 45.5 Å². The summed E-state index contributed by atoms with van der Waals surface area (Å²) in [5.74, 6) is 0.544. The molecule has 1 aliphatic rings. The minimum absolute atomic E-state index is 0.0383. The Morgan fingerprint density at radius 1 is 1.29 bits per heavy atom. The predicted molar refractivity (Wildman–Crippen MR) is 93.3 cm³/mol. The van der Waals surface area contributed by atoms with Gasteiger partial charge in [0.1, 0.15) is 0 Å². The second kappa shape index (κ2) is 6.59. The van der Waals surface area contributed by atoms with Crippen molar-refractivity contribution < 1.29 is 0 Å². The van der Waals surface area contributed by atoms with Gasteiger partial charge in [-0.05, 0) is 80.7 Å². The van der Waals surface area contributed by atoms with Crippen LogP contribution in [0.1, 0.15) is 48.0 Å². The number of rotatable bonds is 3. The quantitative estimate of drug-likeness (QED) is 0.764. The molecule has 2 unspecified atom stereocenters. The Balaban J connectivity index is 1.81. The minimum atomic E-state index is -0.0383. The molecule has 0 fully saturated rings. The molecule has 0 saturated carbocycles. The molecule has 4 heteroatoms. The molecule has 3 rings (SSSR count). The smallest absolute Gasteiger partial charge is 0.0713 e. The zero-order valence-electron chi connectivity index (χ0n) is 11.7. The first-order valence-corrected chi connectivity index (χ1v) is 8.88. The van der Waals surface area contributed by atoms with Crippen molar-refractivity contribution in [3.8, 4) is 0 Å². The van der Waals surface area contributed by atoms with Gasteiger partial charge in [0, 0.05) is 21.2 Å². The summed E-state index contributed by atoms with van der Waals surface area (Å²) in [4.78, 5) is 4.48. The van der Waals surface area contributed by atoms with Crippen LogP contribution >= 0.6 is 31.9 Å². The van der Waals surface area contributed by atoms with Crippen LogP contribution in [0, 0.1) is 0 Å². The highest BCUT2D eigenvalue weighted by molar-refractivity contribution is 9.11. The molecule has 0 saturated heterocycles. The molecule has 1 aromatic heterocycles. The fraction of sp³-hybridized carbons (Fsp3) is 0.353. The van der Waals surface area contributed by atoms with Crippen LogP contribution in [0.5, 0.6) is 0 Å². The Hall–Kier alpha value is -0.710. The van der Waals surface area contributed by atoms with Gasteiger partial charge in [0.2, 0.25) is 0 Å². The molecule has 1 aromatic carbocycles. The fourth-order valence-corrected chi connectivity index (χ4v) is 4.50. The van der Waals surface area contributed by atoms with Gasteiger partial charge >= 0.3 is 0 Å². The van der Waals surface area contributed by atoms with E-state index in [1.807, 2.05) is 12.3 Å². The van der Waals surface area contributed by atoms with Gasteiger partial charge in [0.25, 0.3) is 0 Å². The molecule has 2 atom stereocenters. The standard InChI is InChI=1S/C17H18Br2N2/c18-13-9-15(19)17(21-10-13)16(20)8-12-6-3-5-11-4-1-2-7-14(11)12/h1-2,4,7,9-10,12,16H,3,5-6,8,20H2. The van der Waals surface area contributed by atoms with E-state index in [-0.39, 0.29) is 6.04 Å². The van der Waals surface area contributed by atoms with E-state index in [0.717, 1.165) is 21.1 Å². The maximum atomic E-state index is 6.43. The highest BCUT2D eigenvalue weighted by Crippen LogP contribution is 2.37. The highest BCUT2D eigenvalue weighted by atomic mass is 79.9. The van der Waals surface area contributed by atoms with Crippen molar-refractivity contribution >= 4 is 31.9 Å². The molecule has 0 spiro atoms. The van der Waals surface area contributed by atoms with E-state index < -0.39 is 0 Å². The average molecular weight is 410 g/mol. The van der Waals surface area contributed by atoms with E-state index in [2.05, 4.69) is 61.1 Å². The van der Waals surface area contributed by atoms with Gasteiger partial charge in [0.05, 0.1) is 5.69 Å². The second-order valence-corrected chi connectivity index (χ2v) is 7.42. The van der Waals surface area contributed by atoms with E-state index in [9.17, 15) is 0 Å². The summed E-state index contributed by atoms with van der Waals surface area (Å²) in [6, 6.07) is 10.8. The third kappa shape index (κ3) is 3.38. The monoisotopic (exact) mass is 408 g/mol. The highest BCUT2D eigenvalue weighted by Gasteiger charge is 2.23. The lowest BCUT2D eigenvalue weighted by Gasteiger charge is -2.27. The summed E-state index contributed by atoms with van der Waals surface area (Å²) in [7, 11) is 0. The zero-order chi connectivity index (χ0) is 14.8. The van der Waals surface area contributed by atoms with Crippen molar-refractivity contribution in [3.63, 3.8) is 0 Å². The van der Waals surface area contributed by atoms with Crippen LogP contribution in [-0.4, -0.2) is 4.98 Å². The average Bonchev–Trinajstić information content (AvgIpc) is 2.47. The van der Waals surface area contributed by atoms with Gasteiger partial charge in [-0.3, -0.25) is 4.98 Å². The number of hydrogen-bond acceptors (Lipinski definition) is 2. The number of fused-ring (bicyclic) bond motifs is 1. The lowest BCUT2D eigenvalue weighted by Crippen LogP contribution is -2.19. The molecule has 0 radical (unpaired) electrons. The van der Waals surface area contributed by atoms with Crippen LogP contribution in [-0.2, 0) is 6.42 Å². The van der Waals surface area contributed by atoms with E-state index in [0.29, 0.717) is 5.92 Å². The summed E-state index contributed by atoms with van der Waals surface area (Å²) in [5.41, 5.74) is 10.3. The summed E-state index contributed by atoms with van der Waals surface area (Å²) < 4.78 is 1.95. The Labute approximate surface area is 142 Å². The number of halogens is 2. The number of aryl methyl sites for hydroxylation is 1. The molecule has 2 nitrogen and oxygen atoms in total. The summed E-state index contributed by atoms with van der Waals surface area (Å²) in [6.07, 6.45) is 6.43. The number of nitrogens with zero attached hydrogens (tertiary/aromatic N) is 1. The Bertz CT molecular complexity index is 642. The maximum Gasteiger partial charge on any atom is 0.0713 e. The van der Waals surface area contributed by atoms with Crippen LogP contribution in [0.25, 0.3) is 0 Å². The molecule has 1 heterocycles. The van der Waals surface area contributed by atoms with Crippen LogP contribution in [0.2, 0.25) is 0 Å². The van der Waals surface area contributed by atoms with Crippen molar-refractivity contribution in [2.24, 2.45) is 5.73 Å². The Morgan fingerprint density at radius 2 is 2.10 bits per heavy atom. The summed E-state index contributed by atoms with van der Waals surface area (Å²) >= 11 is 7.00. The first kappa shape index (κ1) is 15.2. The SMILES string of the molecule is NC(CC1CCCc2ccccc21)c1ncc(Br)cc1Br. The molecule has 0 aliphatic heterocycles. The number of aromatic nitrogens is 1. The lowest BCUT2D eigenvalue weighted by atomic mass is 9.79. The summed E-state index contributed by atoms with van der Waals surface area (Å²) in [6.45, 7) is 0. The minimum Gasteiger partial charge on any atom is -0.323 e. The molecule has 0 amide bonds. The van der Waals surface area contributed by atoms with Gasteiger partial charge in [0.15, 0.2) is 0 Å². The van der Waals surface area contributed by atoms with E-state index in [4.69, 9.17) is 5.73 Å². The molecule has 0 bridgehead atoms. The number of nitrogens with two attached hydrogens (primary N) is 1. The second-order valence-electron chi connectivity index (χ2n) is 5.65. The lowest BCUT2D eigenvalue weighted by molar-refractivity contribution is 0.470. The molecular weight excluding hydrogens is 392 g/mol. The van der Waals surface area contributed by atoms with Gasteiger partial charge in [-0.15, -0.1) is 0 Å². The van der Waals surface area contributed by atoms with E-state index >= 15 is 0 Å². The maximum absolute atomic E-state index is 6.43. The van der Waals surface area contributed by atoms with Gasteiger partial charge < -0.3 is 5.73 Å². The van der Waals surface area contributed by atoms with Crippen LogP contribution in [0.3, 0.4) is 0 Å². The van der Waals surface area contributed by atoms with Gasteiger partial charge in [-0.1, -0.05) is 24.3 Å². The Morgan fingerprint density at radius 3 is 2.90 bits per heavy atom. The van der Waals surface area contributed by atoms with Crippen molar-refractivity contribution in [3.05, 3.63) is 62.3 Å². The Kier molecular flexibility index (Phi) is 4.77. The molecule has 110 valence electrons. The van der Waals surface area contributed by atoms with Gasteiger partial charge in [-0.25, -0.2) is 0 Å². The van der Waals surface area contributed by atoms with Crippen LogP contribution < -0.4 is 5.73 Å². The third-order valence-electron chi connectivity index (χ3n) is 4.22. The fourth-order valence-electron chi connectivity index (χ4n) is 3.22. The topological polar surface area (TPSA) is 38.9 Å². The van der Waals surface area contributed by atoms with Crippen LogP contribution in [0.4, 0.5) is 0 Å². The third-order valence-corrected chi connectivity index (χ3v) is 5.29. The number of benzene rings is 1. The van der Waals surface area contributed by atoms with Crippen molar-refractivity contribution in [1.82, 2.24) is 4.98 Å². The van der Waals surface area contributed by atoms with Gasteiger partial charge in [-0.2, -0.15) is 0 Å². The molecule has 1 aliphatic carbocycles. The van der Waals surface area contributed by atoms with Crippen molar-refractivity contribution in [1.29, 1.82) is 0 Å². The normalized spacial score (nSPS) is 19.1. The van der Waals surface area contributed by atoms with E-state index in [1.54, 1.807) is 0 Å². The molecule has 2 aromatic rings. The first-order valence-electron chi connectivity index (χ1n) is 7.29. The zero-order valence-corrected chi connectivity index (χ0v) is 14.9. The molecule has 2 N–H and O–H groups in total. The van der Waals surface area contributed by atoms with E-state index in [1.165, 1.54) is 30.4 Å². The van der Waals surface area contributed by atoms with Crippen molar-refractivity contribution in [2.45, 2.75) is 37.6 Å². The largest absolute Gasteiger partial charge is 0.323 e. The number of pyridine rings is 1. The predicted octanol–water partition coefficient (Wildman–Crippen LogP) is 5.12. The first-order chi connectivity index (χ1) is 10.1. The summed E-state index contributed by atoms with van der Waals surface area (Å²) in [5, 5.41) is 0. The van der Waals surface area contributed by atoms with Crippen molar-refractivity contribution in [2.75, 3.05) is 0 Å². The number of hydrogen-bond donors (Lipinski definition) is 1. The molecular formula is C17H18Br2N2.